The lowest BCUT2D eigenvalue weighted by Crippen LogP contribution is -2.50. The number of carbonyl (C=O) groups is 2. The number of non-ortho nitro benzene ring substituents is 1. The lowest BCUT2D eigenvalue weighted by Gasteiger charge is -2.50. The van der Waals surface area contributed by atoms with Crippen molar-refractivity contribution in [2.45, 2.75) is 10.8 Å². The minimum Gasteiger partial charge on any atom is -0.494 e. The van der Waals surface area contributed by atoms with Crippen LogP contribution >= 0.6 is 11.6 Å². The molecule has 0 N–H and O–H groups in total. The normalized spacial score (nSPS) is 26.6. The molecule has 1 heterocycles. The number of halogens is 1. The van der Waals surface area contributed by atoms with Crippen molar-refractivity contribution in [1.29, 1.82) is 0 Å². The van der Waals surface area contributed by atoms with Crippen molar-refractivity contribution < 1.29 is 19.2 Å². The van der Waals surface area contributed by atoms with E-state index in [4.69, 9.17) is 16.3 Å². The van der Waals surface area contributed by atoms with Gasteiger partial charge in [-0.25, -0.2) is 4.90 Å². The van der Waals surface area contributed by atoms with E-state index < -0.39 is 27.5 Å². The van der Waals surface area contributed by atoms with Crippen molar-refractivity contribution in [2.75, 3.05) is 12.0 Å². The number of nitro groups is 1. The van der Waals surface area contributed by atoms with Gasteiger partial charge in [-0.05, 0) is 28.3 Å². The molecule has 1 aliphatic heterocycles. The van der Waals surface area contributed by atoms with Gasteiger partial charge in [-0.2, -0.15) is 0 Å². The first-order valence-electron chi connectivity index (χ1n) is 10.5. The van der Waals surface area contributed by atoms with Gasteiger partial charge in [0.25, 0.3) is 5.69 Å². The van der Waals surface area contributed by atoms with Gasteiger partial charge in [0.2, 0.25) is 11.8 Å². The number of amides is 2. The molecule has 7 nitrogen and oxygen atoms in total. The molecule has 7 rings (SSSR count). The second-order valence-corrected chi connectivity index (χ2v) is 9.09. The highest BCUT2D eigenvalue weighted by Gasteiger charge is 2.68. The zero-order valence-corrected chi connectivity index (χ0v) is 18.2. The number of anilines is 1. The minimum atomic E-state index is -1.19. The number of methoxy groups -OCH3 is 1. The second kappa shape index (κ2) is 6.65. The van der Waals surface area contributed by atoms with E-state index in [1.807, 2.05) is 48.5 Å². The number of carbonyl (C=O) groups excluding carboxylic acids is 2. The first-order chi connectivity index (χ1) is 15.9. The smallest absolute Gasteiger partial charge is 0.273 e. The zero-order chi connectivity index (χ0) is 23.1. The fourth-order valence-electron chi connectivity index (χ4n) is 5.88. The van der Waals surface area contributed by atoms with Gasteiger partial charge in [-0.15, -0.1) is 11.6 Å². The van der Waals surface area contributed by atoms with Gasteiger partial charge >= 0.3 is 0 Å². The van der Waals surface area contributed by atoms with Gasteiger partial charge in [-0.3, -0.25) is 19.7 Å². The van der Waals surface area contributed by atoms with Crippen molar-refractivity contribution in [3.63, 3.8) is 0 Å². The molecule has 0 spiro atoms. The van der Waals surface area contributed by atoms with Gasteiger partial charge in [-0.1, -0.05) is 48.5 Å². The Kier molecular flexibility index (Phi) is 4.02. The first kappa shape index (κ1) is 19.9. The Balaban J connectivity index is 1.57. The molecule has 3 aliphatic carbocycles. The highest BCUT2D eigenvalue weighted by Crippen LogP contribution is 2.66. The molecule has 1 saturated heterocycles. The van der Waals surface area contributed by atoms with Gasteiger partial charge < -0.3 is 4.74 Å². The predicted molar refractivity (Wildman–Crippen MR) is 120 cm³/mol. The summed E-state index contributed by atoms with van der Waals surface area (Å²) in [5.41, 5.74) is 3.57. The average Bonchev–Trinajstić information content (AvgIpc) is 3.10. The van der Waals surface area contributed by atoms with Crippen molar-refractivity contribution in [3.8, 4) is 5.75 Å². The average molecular weight is 461 g/mol. The second-order valence-electron chi connectivity index (χ2n) is 8.49. The molecule has 1 fully saturated rings. The SMILES string of the molecule is COc1cc([N+](=O)[O-])ccc1N1C(=O)[C@@H]2C3c4ccccc4C(Cl)(c4ccccc43)[C@@H]2C1=O. The number of benzene rings is 3. The van der Waals surface area contributed by atoms with Crippen molar-refractivity contribution in [3.05, 3.63) is 99.1 Å². The zero-order valence-electron chi connectivity index (χ0n) is 17.4. The predicted octanol–water partition coefficient (Wildman–Crippen LogP) is 4.35. The van der Waals surface area contributed by atoms with Gasteiger partial charge in [0.15, 0.2) is 0 Å². The van der Waals surface area contributed by atoms with Crippen LogP contribution in [-0.2, 0) is 14.5 Å². The fourth-order valence-corrected chi connectivity index (χ4v) is 6.45. The largest absolute Gasteiger partial charge is 0.494 e. The lowest BCUT2D eigenvalue weighted by atomic mass is 9.54. The molecule has 33 heavy (non-hydrogen) atoms. The minimum absolute atomic E-state index is 0.0792. The van der Waals surface area contributed by atoms with Crippen LogP contribution in [0.15, 0.2) is 66.7 Å². The van der Waals surface area contributed by atoms with Crippen LogP contribution in [0, 0.1) is 22.0 Å². The maximum atomic E-state index is 13.9. The Bertz CT molecular complexity index is 1340. The van der Waals surface area contributed by atoms with Crippen LogP contribution in [0.1, 0.15) is 28.2 Å². The molecule has 0 unspecified atom stereocenters. The topological polar surface area (TPSA) is 89.8 Å². The van der Waals surface area contributed by atoms with Gasteiger partial charge in [0.1, 0.15) is 10.6 Å². The highest BCUT2D eigenvalue weighted by atomic mass is 35.5. The number of ether oxygens (including phenoxy) is 1. The molecule has 164 valence electrons. The van der Waals surface area contributed by atoms with E-state index in [-0.39, 0.29) is 28.9 Å². The highest BCUT2D eigenvalue weighted by molar-refractivity contribution is 6.33. The van der Waals surface area contributed by atoms with E-state index in [2.05, 4.69) is 0 Å². The summed E-state index contributed by atoms with van der Waals surface area (Å²) in [7, 11) is 1.35. The fraction of sp³-hybridized carbons (Fsp3) is 0.200. The third-order valence-corrected chi connectivity index (χ3v) is 7.77. The molecular weight excluding hydrogens is 444 g/mol. The molecule has 3 aromatic carbocycles. The molecular formula is C25H17ClN2O5. The molecule has 8 heteroatoms. The molecule has 2 bridgehead atoms. The maximum absolute atomic E-state index is 13.9. The first-order valence-corrected chi connectivity index (χ1v) is 10.8. The summed E-state index contributed by atoms with van der Waals surface area (Å²) in [6.45, 7) is 0. The van der Waals surface area contributed by atoms with Crippen molar-refractivity contribution >= 4 is 34.8 Å². The number of rotatable bonds is 3. The summed E-state index contributed by atoms with van der Waals surface area (Å²) in [5.74, 6) is -2.53. The molecule has 2 amide bonds. The summed E-state index contributed by atoms with van der Waals surface area (Å²) < 4.78 is 5.33. The van der Waals surface area contributed by atoms with Crippen LogP contribution in [-0.4, -0.2) is 23.8 Å². The number of nitro benzene ring substituents is 1. The Labute approximate surface area is 193 Å². The monoisotopic (exact) mass is 460 g/mol. The summed E-state index contributed by atoms with van der Waals surface area (Å²) in [6.07, 6.45) is 0. The Morgan fingerprint density at radius 1 is 0.970 bits per heavy atom. The Morgan fingerprint density at radius 3 is 2.15 bits per heavy atom. The van der Waals surface area contributed by atoms with E-state index in [1.165, 1.54) is 25.3 Å². The number of nitrogens with zero attached hydrogens (tertiary/aromatic N) is 2. The van der Waals surface area contributed by atoms with Crippen LogP contribution in [0.4, 0.5) is 11.4 Å². The van der Waals surface area contributed by atoms with Crippen molar-refractivity contribution in [2.24, 2.45) is 11.8 Å². The van der Waals surface area contributed by atoms with Crippen molar-refractivity contribution in [1.82, 2.24) is 0 Å². The molecule has 0 radical (unpaired) electrons. The van der Waals surface area contributed by atoms with Crippen LogP contribution in [0.25, 0.3) is 0 Å². The quantitative estimate of drug-likeness (QED) is 0.251. The van der Waals surface area contributed by atoms with Gasteiger partial charge in [0.05, 0.1) is 35.6 Å². The van der Waals surface area contributed by atoms with Crippen LogP contribution in [0.5, 0.6) is 5.75 Å². The number of hydrogen-bond donors (Lipinski definition) is 0. The van der Waals surface area contributed by atoms with E-state index in [0.717, 1.165) is 27.2 Å². The van der Waals surface area contributed by atoms with E-state index in [1.54, 1.807) is 0 Å². The summed E-state index contributed by atoms with van der Waals surface area (Å²) >= 11 is 7.39. The number of hydrogen-bond acceptors (Lipinski definition) is 5. The summed E-state index contributed by atoms with van der Waals surface area (Å²) in [6, 6.07) is 19.2. The summed E-state index contributed by atoms with van der Waals surface area (Å²) in [5, 5.41) is 11.2. The number of alkyl halides is 1. The van der Waals surface area contributed by atoms with Gasteiger partial charge in [0, 0.05) is 12.0 Å². The number of imide groups is 1. The molecule has 0 aromatic heterocycles. The maximum Gasteiger partial charge on any atom is 0.273 e. The molecule has 3 aromatic rings. The molecule has 4 aliphatic rings. The van der Waals surface area contributed by atoms with E-state index in [0.29, 0.717) is 0 Å². The van der Waals surface area contributed by atoms with Crippen LogP contribution in [0.2, 0.25) is 0 Å². The van der Waals surface area contributed by atoms with E-state index in [9.17, 15) is 19.7 Å². The Hall–Kier alpha value is -3.71. The third kappa shape index (κ3) is 2.35. The molecule has 2 atom stereocenters. The standard InChI is InChI=1S/C25H17ClN2O5/c1-33-19-12-13(28(31)32)10-11-18(19)27-23(29)21-20-14-6-2-4-8-16(14)25(26,22(21)24(27)30)17-9-5-3-7-15(17)20/h2-12,20-22H,1H3/t20?,21-,22+,25?/m1/s1. The Morgan fingerprint density at radius 2 is 1.58 bits per heavy atom. The molecule has 0 saturated carbocycles. The summed E-state index contributed by atoms with van der Waals surface area (Å²) in [4.78, 5) is 38.3. The van der Waals surface area contributed by atoms with Crippen LogP contribution in [0.3, 0.4) is 0 Å². The third-order valence-electron chi connectivity index (χ3n) is 7.13. The van der Waals surface area contributed by atoms with E-state index >= 15 is 0 Å². The van der Waals surface area contributed by atoms with Crippen LogP contribution < -0.4 is 9.64 Å². The lowest BCUT2D eigenvalue weighted by molar-refractivity contribution is -0.384.